The number of carbonyl (C=O) groups excluding carboxylic acids is 1. The summed E-state index contributed by atoms with van der Waals surface area (Å²) in [5.41, 5.74) is 2.15. The van der Waals surface area contributed by atoms with Crippen LogP contribution in [-0.4, -0.2) is 30.0 Å². The zero-order valence-electron chi connectivity index (χ0n) is 14.4. The normalized spacial score (nSPS) is 11.6. The van der Waals surface area contributed by atoms with Gasteiger partial charge in [0, 0.05) is 15.5 Å². The highest BCUT2D eigenvalue weighted by atomic mass is 35.5. The summed E-state index contributed by atoms with van der Waals surface area (Å²) in [6.45, 7) is 0. The summed E-state index contributed by atoms with van der Waals surface area (Å²) in [6.07, 6.45) is 2.94. The lowest BCUT2D eigenvalue weighted by molar-refractivity contribution is -0.113. The Balaban J connectivity index is 1.61. The first-order chi connectivity index (χ1) is 13.3. The quantitative estimate of drug-likeness (QED) is 0.599. The number of imidazole rings is 1. The van der Waals surface area contributed by atoms with Crippen LogP contribution >= 0.6 is 23.2 Å². The van der Waals surface area contributed by atoms with Gasteiger partial charge in [-0.15, -0.1) is 0 Å². The highest BCUT2D eigenvalue weighted by Crippen LogP contribution is 2.20. The Morgan fingerprint density at radius 3 is 2.29 bits per heavy atom. The highest BCUT2D eigenvalue weighted by Gasteiger charge is 2.15. The Labute approximate surface area is 172 Å². The molecule has 2 aromatic carbocycles. The molecule has 0 aliphatic heterocycles. The molecule has 2 N–H and O–H groups in total. The van der Waals surface area contributed by atoms with Crippen molar-refractivity contribution in [3.05, 3.63) is 75.7 Å². The molecule has 0 aliphatic rings. The third-order valence-corrected chi connectivity index (χ3v) is 5.38. The number of anilines is 1. The summed E-state index contributed by atoms with van der Waals surface area (Å²) in [6, 6.07) is 13.7. The molecule has 0 bridgehead atoms. The molecule has 6 nitrogen and oxygen atoms in total. The minimum Gasteiger partial charge on any atom is -0.324 e. The number of benzene rings is 2. The van der Waals surface area contributed by atoms with Gasteiger partial charge in [-0.25, -0.2) is 13.4 Å². The SMILES string of the molecule is O=C(CS(=O)(=O)/C=C\c1ccc(Cl)cc1)Nc1ncc(-c2ccc(Cl)cc2)[nH]1. The van der Waals surface area contributed by atoms with E-state index in [4.69, 9.17) is 23.2 Å². The van der Waals surface area contributed by atoms with Crippen LogP contribution in [0.15, 0.2) is 60.1 Å². The third-order valence-electron chi connectivity index (χ3n) is 3.66. The molecule has 0 atom stereocenters. The van der Waals surface area contributed by atoms with Crippen LogP contribution in [-0.2, 0) is 14.6 Å². The van der Waals surface area contributed by atoms with E-state index in [1.54, 1.807) is 48.5 Å². The lowest BCUT2D eigenvalue weighted by atomic mass is 10.2. The summed E-state index contributed by atoms with van der Waals surface area (Å²) < 4.78 is 24.2. The van der Waals surface area contributed by atoms with Gasteiger partial charge >= 0.3 is 0 Å². The van der Waals surface area contributed by atoms with Crippen molar-refractivity contribution in [2.45, 2.75) is 0 Å². The number of nitrogens with one attached hydrogen (secondary N) is 2. The average molecular weight is 436 g/mol. The predicted octanol–water partition coefficient (Wildman–Crippen LogP) is 4.41. The number of nitrogens with zero attached hydrogens (tertiary/aromatic N) is 1. The Hall–Kier alpha value is -2.61. The second-order valence-corrected chi connectivity index (χ2v) is 8.62. The van der Waals surface area contributed by atoms with E-state index in [-0.39, 0.29) is 5.95 Å². The van der Waals surface area contributed by atoms with Crippen molar-refractivity contribution < 1.29 is 13.2 Å². The van der Waals surface area contributed by atoms with E-state index in [1.807, 2.05) is 0 Å². The van der Waals surface area contributed by atoms with Gasteiger partial charge in [0.15, 0.2) is 9.84 Å². The molecular weight excluding hydrogens is 421 g/mol. The smallest absolute Gasteiger partial charge is 0.242 e. The fourth-order valence-corrected chi connectivity index (χ4v) is 3.47. The van der Waals surface area contributed by atoms with Gasteiger partial charge in [0.25, 0.3) is 0 Å². The summed E-state index contributed by atoms with van der Waals surface area (Å²) in [7, 11) is -3.74. The van der Waals surface area contributed by atoms with Crippen molar-refractivity contribution in [2.75, 3.05) is 11.1 Å². The number of halogens is 2. The third kappa shape index (κ3) is 5.69. The first-order valence-corrected chi connectivity index (χ1v) is 10.5. The number of amides is 1. The molecule has 0 spiro atoms. The van der Waals surface area contributed by atoms with E-state index in [0.29, 0.717) is 21.3 Å². The van der Waals surface area contributed by atoms with Gasteiger partial charge in [-0.05, 0) is 41.5 Å². The molecule has 1 amide bonds. The minimum absolute atomic E-state index is 0.159. The molecule has 9 heteroatoms. The summed E-state index contributed by atoms with van der Waals surface area (Å²) >= 11 is 11.6. The van der Waals surface area contributed by atoms with Gasteiger partial charge in [-0.1, -0.05) is 47.5 Å². The van der Waals surface area contributed by atoms with Crippen LogP contribution in [0.3, 0.4) is 0 Å². The summed E-state index contributed by atoms with van der Waals surface area (Å²) in [4.78, 5) is 19.0. The largest absolute Gasteiger partial charge is 0.324 e. The van der Waals surface area contributed by atoms with Gasteiger partial charge in [0.1, 0.15) is 5.75 Å². The van der Waals surface area contributed by atoms with Crippen molar-refractivity contribution in [3.63, 3.8) is 0 Å². The standard InChI is InChI=1S/C19H15Cl2N3O3S/c20-15-5-1-13(2-6-15)9-10-28(26,27)12-18(25)24-19-22-11-17(23-19)14-3-7-16(21)8-4-14/h1-11H,12H2,(H2,22,23,24,25)/b10-9-. The zero-order chi connectivity index (χ0) is 20.1. The van der Waals surface area contributed by atoms with Crippen LogP contribution in [0, 0.1) is 0 Å². The van der Waals surface area contributed by atoms with Crippen molar-refractivity contribution in [2.24, 2.45) is 0 Å². The van der Waals surface area contributed by atoms with Gasteiger partial charge in [-0.2, -0.15) is 0 Å². The number of rotatable bonds is 6. The maximum atomic E-state index is 12.1. The molecule has 1 aromatic heterocycles. The van der Waals surface area contributed by atoms with Crippen LogP contribution in [0.5, 0.6) is 0 Å². The first kappa shape index (κ1) is 20.1. The molecule has 28 heavy (non-hydrogen) atoms. The van der Waals surface area contributed by atoms with E-state index in [2.05, 4.69) is 15.3 Å². The predicted molar refractivity (Wildman–Crippen MR) is 112 cm³/mol. The molecule has 1 heterocycles. The van der Waals surface area contributed by atoms with Crippen molar-refractivity contribution in [1.29, 1.82) is 0 Å². The van der Waals surface area contributed by atoms with Gasteiger partial charge in [-0.3, -0.25) is 10.1 Å². The summed E-state index contributed by atoms with van der Waals surface area (Å²) in [5.74, 6) is -1.24. The number of hydrogen-bond acceptors (Lipinski definition) is 4. The minimum atomic E-state index is -3.74. The van der Waals surface area contributed by atoms with Crippen molar-refractivity contribution >= 4 is 51.0 Å². The lowest BCUT2D eigenvalue weighted by Gasteiger charge is -2.02. The molecule has 3 rings (SSSR count). The second kappa shape index (κ2) is 8.60. The topological polar surface area (TPSA) is 91.9 Å². The van der Waals surface area contributed by atoms with E-state index in [9.17, 15) is 13.2 Å². The van der Waals surface area contributed by atoms with E-state index >= 15 is 0 Å². The Morgan fingerprint density at radius 1 is 1.04 bits per heavy atom. The molecular formula is C19H15Cl2N3O3S. The van der Waals surface area contributed by atoms with Crippen molar-refractivity contribution in [3.8, 4) is 11.3 Å². The molecule has 0 aliphatic carbocycles. The number of carbonyl (C=O) groups is 1. The maximum Gasteiger partial charge on any atom is 0.242 e. The number of aromatic amines is 1. The second-order valence-electron chi connectivity index (χ2n) is 5.86. The maximum absolute atomic E-state index is 12.1. The average Bonchev–Trinajstić information content (AvgIpc) is 3.09. The van der Waals surface area contributed by atoms with E-state index in [1.165, 1.54) is 12.3 Å². The molecule has 0 unspecified atom stereocenters. The van der Waals surface area contributed by atoms with E-state index < -0.39 is 21.5 Å². The molecule has 0 saturated carbocycles. The molecule has 0 fully saturated rings. The molecule has 3 aromatic rings. The molecule has 0 radical (unpaired) electrons. The Morgan fingerprint density at radius 2 is 1.64 bits per heavy atom. The van der Waals surface area contributed by atoms with Crippen LogP contribution in [0.2, 0.25) is 10.0 Å². The van der Waals surface area contributed by atoms with Gasteiger partial charge in [0.2, 0.25) is 11.9 Å². The fraction of sp³-hybridized carbons (Fsp3) is 0.0526. The Kier molecular flexibility index (Phi) is 6.18. The van der Waals surface area contributed by atoms with E-state index in [0.717, 1.165) is 11.0 Å². The summed E-state index contributed by atoms with van der Waals surface area (Å²) in [5, 5.41) is 4.60. The highest BCUT2D eigenvalue weighted by molar-refractivity contribution is 7.95. The number of H-pyrrole nitrogens is 1. The lowest BCUT2D eigenvalue weighted by Crippen LogP contribution is -2.22. The van der Waals surface area contributed by atoms with Crippen molar-refractivity contribution in [1.82, 2.24) is 9.97 Å². The zero-order valence-corrected chi connectivity index (χ0v) is 16.7. The molecule has 0 saturated heterocycles. The first-order valence-electron chi connectivity index (χ1n) is 8.08. The Bertz CT molecular complexity index is 1110. The number of hydrogen-bond donors (Lipinski definition) is 2. The number of sulfone groups is 1. The molecule has 144 valence electrons. The van der Waals surface area contributed by atoms with Crippen LogP contribution in [0.1, 0.15) is 5.56 Å². The van der Waals surface area contributed by atoms with Crippen LogP contribution in [0.25, 0.3) is 17.3 Å². The number of aromatic nitrogens is 2. The van der Waals surface area contributed by atoms with Crippen LogP contribution < -0.4 is 5.32 Å². The van der Waals surface area contributed by atoms with Crippen LogP contribution in [0.4, 0.5) is 5.95 Å². The fourth-order valence-electron chi connectivity index (χ4n) is 2.32. The van der Waals surface area contributed by atoms with Gasteiger partial charge < -0.3 is 4.98 Å². The monoisotopic (exact) mass is 435 g/mol. The van der Waals surface area contributed by atoms with Gasteiger partial charge in [0.05, 0.1) is 11.9 Å².